The number of benzene rings is 7. The molecule has 0 aliphatic heterocycles. The summed E-state index contributed by atoms with van der Waals surface area (Å²) in [5.74, 6) is 0. The summed E-state index contributed by atoms with van der Waals surface area (Å²) in [5.41, 5.74) is 14.8. The molecule has 0 saturated heterocycles. The zero-order valence-corrected chi connectivity index (χ0v) is 35.5. The third-order valence-electron chi connectivity index (χ3n) is 11.5. The molecule has 0 aromatic heterocycles. The van der Waals surface area contributed by atoms with Crippen molar-refractivity contribution in [1.82, 2.24) is 0 Å². The van der Waals surface area contributed by atoms with E-state index in [1.165, 1.54) is 88.7 Å². The largest absolute Gasteiger partial charge is 0.310 e. The van der Waals surface area contributed by atoms with E-state index in [0.29, 0.717) is 0 Å². The van der Waals surface area contributed by atoms with Crippen LogP contribution in [0.25, 0.3) is 21.9 Å². The molecule has 7 aromatic carbocycles. The zero-order chi connectivity index (χ0) is 37.9. The van der Waals surface area contributed by atoms with Gasteiger partial charge in [0.15, 0.2) is 0 Å². The minimum atomic E-state index is -1.46. The molecule has 0 saturated carbocycles. The van der Waals surface area contributed by atoms with Crippen molar-refractivity contribution in [2.24, 2.45) is 0 Å². The van der Waals surface area contributed by atoms with Crippen LogP contribution in [0.4, 0.5) is 34.1 Å². The second-order valence-corrected chi connectivity index (χ2v) is 25.2. The minimum Gasteiger partial charge on any atom is -0.310 e. The van der Waals surface area contributed by atoms with Gasteiger partial charge < -0.3 is 9.80 Å². The number of anilines is 6. The third kappa shape index (κ3) is 6.31. The maximum absolute atomic E-state index is 2.50. The Bertz CT molecular complexity index is 2470. The molecule has 4 heteroatoms. The molecule has 1 aliphatic carbocycles. The second-order valence-electron chi connectivity index (χ2n) is 17.1. The first-order valence-electron chi connectivity index (χ1n) is 19.5. The first-order valence-corrected chi connectivity index (χ1v) is 25.8. The van der Waals surface area contributed by atoms with Gasteiger partial charge in [-0.1, -0.05) is 147 Å². The van der Waals surface area contributed by atoms with Gasteiger partial charge in [-0.05, 0) is 108 Å². The van der Waals surface area contributed by atoms with Gasteiger partial charge in [-0.2, -0.15) is 0 Å². The fourth-order valence-corrected chi connectivity index (χ4v) is 10.4. The molecule has 2 nitrogen and oxygen atoms in total. The normalized spacial score (nSPS) is 13.2. The molecule has 0 fully saturated rings. The number of rotatable bonds is 8. The zero-order valence-electron chi connectivity index (χ0n) is 33.3. The van der Waals surface area contributed by atoms with Crippen LogP contribution in [0.1, 0.15) is 36.1 Å². The number of fused-ring (bicyclic) bond motifs is 5. The van der Waals surface area contributed by atoms with Crippen molar-refractivity contribution in [3.63, 3.8) is 0 Å². The van der Waals surface area contributed by atoms with Crippen molar-refractivity contribution in [3.05, 3.63) is 168 Å². The summed E-state index contributed by atoms with van der Waals surface area (Å²) in [4.78, 5) is 4.90. The Morgan fingerprint density at radius 1 is 0.500 bits per heavy atom. The number of hydrogen-bond donors (Lipinski definition) is 0. The van der Waals surface area contributed by atoms with E-state index in [0.717, 1.165) is 0 Å². The van der Waals surface area contributed by atoms with Crippen LogP contribution in [0.5, 0.6) is 0 Å². The molecule has 0 atom stereocenters. The molecule has 7 aromatic rings. The lowest BCUT2D eigenvalue weighted by molar-refractivity contribution is 0.661. The number of aryl methyl sites for hydroxylation is 2. The Morgan fingerprint density at radius 3 is 1.52 bits per heavy atom. The molecule has 0 unspecified atom stereocenters. The van der Waals surface area contributed by atoms with Crippen LogP contribution < -0.4 is 20.2 Å². The summed E-state index contributed by atoms with van der Waals surface area (Å²) in [6, 6.07) is 55.3. The summed E-state index contributed by atoms with van der Waals surface area (Å²) in [6.45, 7) is 21.2. The van der Waals surface area contributed by atoms with Gasteiger partial charge in [0.25, 0.3) is 0 Å². The Hall–Kier alpha value is -5.17. The highest BCUT2D eigenvalue weighted by Gasteiger charge is 2.38. The molecule has 0 radical (unpaired) electrons. The summed E-state index contributed by atoms with van der Waals surface area (Å²) in [5, 5.41) is 5.51. The maximum Gasteiger partial charge on any atom is 0.0775 e. The van der Waals surface area contributed by atoms with Crippen molar-refractivity contribution in [2.45, 2.75) is 65.8 Å². The fourth-order valence-electron chi connectivity index (χ4n) is 8.26. The van der Waals surface area contributed by atoms with E-state index in [1.54, 1.807) is 0 Å². The maximum atomic E-state index is 2.50. The van der Waals surface area contributed by atoms with Crippen LogP contribution in [0, 0.1) is 13.8 Å². The average molecular weight is 737 g/mol. The van der Waals surface area contributed by atoms with E-state index in [9.17, 15) is 0 Å². The van der Waals surface area contributed by atoms with E-state index in [1.807, 2.05) is 0 Å². The standard InChI is InChI=1S/C50H52N2Si2/c1-34-14-18-36(19-15-34)51(37-22-27-41(28-23-37)53(5)6)40-26-31-45-46(32-40)50(3,4)47-33-48(43-12-10-11-13-44(43)49(45)47)52(38-20-16-35(2)17-21-38)39-24-29-42(30-25-39)54(7,8)9/h10-33,53H,1-9H3. The molecule has 0 heterocycles. The van der Waals surface area contributed by atoms with E-state index >= 15 is 0 Å². The van der Waals surface area contributed by atoms with Crippen LogP contribution in [0.15, 0.2) is 146 Å². The van der Waals surface area contributed by atoms with E-state index < -0.39 is 16.9 Å². The lowest BCUT2D eigenvalue weighted by atomic mass is 9.81. The van der Waals surface area contributed by atoms with Gasteiger partial charge in [0.1, 0.15) is 0 Å². The van der Waals surface area contributed by atoms with E-state index in [4.69, 9.17) is 0 Å². The van der Waals surface area contributed by atoms with Crippen LogP contribution in [0.3, 0.4) is 0 Å². The van der Waals surface area contributed by atoms with Gasteiger partial charge in [0, 0.05) is 39.2 Å². The topological polar surface area (TPSA) is 6.48 Å². The molecule has 0 bridgehead atoms. The number of hydrogen-bond acceptors (Lipinski definition) is 2. The summed E-state index contributed by atoms with van der Waals surface area (Å²) < 4.78 is 0. The first kappa shape index (κ1) is 35.8. The molecule has 0 spiro atoms. The molecule has 270 valence electrons. The van der Waals surface area contributed by atoms with E-state index in [2.05, 4.69) is 216 Å². The van der Waals surface area contributed by atoms with Gasteiger partial charge in [-0.3, -0.25) is 0 Å². The Labute approximate surface area is 325 Å². The molecule has 8 rings (SSSR count). The van der Waals surface area contributed by atoms with Gasteiger partial charge >= 0.3 is 0 Å². The van der Waals surface area contributed by atoms with Crippen molar-refractivity contribution >= 4 is 72.1 Å². The summed E-state index contributed by atoms with van der Waals surface area (Å²) in [7, 11) is -2.36. The van der Waals surface area contributed by atoms with Crippen LogP contribution in [-0.2, 0) is 5.41 Å². The van der Waals surface area contributed by atoms with Gasteiger partial charge in [-0.15, -0.1) is 0 Å². The van der Waals surface area contributed by atoms with Gasteiger partial charge in [0.2, 0.25) is 0 Å². The van der Waals surface area contributed by atoms with Gasteiger partial charge in [-0.25, -0.2) is 0 Å². The Balaban J connectivity index is 1.31. The Morgan fingerprint density at radius 2 is 0.981 bits per heavy atom. The lowest BCUT2D eigenvalue weighted by Crippen LogP contribution is -2.37. The van der Waals surface area contributed by atoms with Crippen LogP contribution in [0.2, 0.25) is 32.7 Å². The number of nitrogens with zero attached hydrogens (tertiary/aromatic N) is 2. The molecule has 54 heavy (non-hydrogen) atoms. The SMILES string of the molecule is Cc1ccc(N(c2ccc([SiH](C)C)cc2)c2ccc3c(c2)C(C)(C)c2cc(N(c4ccc(C)cc4)c4ccc([Si](C)(C)C)cc4)c4ccccc4c2-3)cc1. The summed E-state index contributed by atoms with van der Waals surface area (Å²) in [6.07, 6.45) is 0. The highest BCUT2D eigenvalue weighted by atomic mass is 28.3. The third-order valence-corrected chi connectivity index (χ3v) is 15.3. The predicted octanol–water partition coefficient (Wildman–Crippen LogP) is 12.9. The van der Waals surface area contributed by atoms with Gasteiger partial charge in [0.05, 0.1) is 22.6 Å². The van der Waals surface area contributed by atoms with Crippen molar-refractivity contribution in [1.29, 1.82) is 0 Å². The first-order chi connectivity index (χ1) is 25.8. The second kappa shape index (κ2) is 13.6. The average Bonchev–Trinajstić information content (AvgIpc) is 3.39. The highest BCUT2D eigenvalue weighted by Crippen LogP contribution is 2.55. The highest BCUT2D eigenvalue weighted by molar-refractivity contribution is 6.88. The molecule has 1 aliphatic rings. The fraction of sp³-hybridized carbons (Fsp3) is 0.200. The minimum absolute atomic E-state index is 0.230. The summed E-state index contributed by atoms with van der Waals surface area (Å²) >= 11 is 0. The smallest absolute Gasteiger partial charge is 0.0775 e. The molecule has 0 N–H and O–H groups in total. The van der Waals surface area contributed by atoms with Crippen molar-refractivity contribution in [2.75, 3.05) is 9.80 Å². The molecular weight excluding hydrogens is 685 g/mol. The molecular formula is C50H52N2Si2. The van der Waals surface area contributed by atoms with E-state index in [-0.39, 0.29) is 5.41 Å². The van der Waals surface area contributed by atoms with Crippen molar-refractivity contribution in [3.8, 4) is 11.1 Å². The quantitative estimate of drug-likeness (QED) is 0.143. The molecule has 0 amide bonds. The predicted molar refractivity (Wildman–Crippen MR) is 242 cm³/mol. The monoisotopic (exact) mass is 736 g/mol. The lowest BCUT2D eigenvalue weighted by Gasteiger charge is -2.30. The van der Waals surface area contributed by atoms with Crippen molar-refractivity contribution < 1.29 is 0 Å². The van der Waals surface area contributed by atoms with Crippen LogP contribution in [-0.4, -0.2) is 16.9 Å². The van der Waals surface area contributed by atoms with Crippen LogP contribution >= 0.6 is 0 Å². The Kier molecular flexibility index (Phi) is 9.03.